The Hall–Kier alpha value is -2.56. The third-order valence-electron chi connectivity index (χ3n) is 7.74. The quantitative estimate of drug-likeness (QED) is 0.505. The van der Waals surface area contributed by atoms with Gasteiger partial charge in [0.15, 0.2) is 0 Å². The van der Waals surface area contributed by atoms with Gasteiger partial charge < -0.3 is 19.6 Å². The van der Waals surface area contributed by atoms with Crippen molar-refractivity contribution in [2.45, 2.75) is 69.9 Å². The number of hydrogen-bond donors (Lipinski definition) is 1. The Bertz CT molecular complexity index is 1240. The van der Waals surface area contributed by atoms with Crippen LogP contribution in [-0.2, 0) is 23.0 Å². The number of nitrogens with one attached hydrogen (secondary N) is 1. The van der Waals surface area contributed by atoms with Crippen molar-refractivity contribution >= 4 is 39.0 Å². The zero-order chi connectivity index (χ0) is 24.6. The topological polar surface area (TPSA) is 94.4 Å². The van der Waals surface area contributed by atoms with E-state index < -0.39 is 0 Å². The third kappa shape index (κ3) is 4.86. The van der Waals surface area contributed by atoms with Crippen molar-refractivity contribution in [1.29, 1.82) is 0 Å². The second-order valence-corrected chi connectivity index (χ2v) is 11.4. The summed E-state index contributed by atoms with van der Waals surface area (Å²) in [6, 6.07) is 0.618. The minimum atomic E-state index is 0.134. The maximum absolute atomic E-state index is 12.0. The molecule has 6 rings (SSSR count). The van der Waals surface area contributed by atoms with E-state index in [9.17, 15) is 4.79 Å². The summed E-state index contributed by atoms with van der Waals surface area (Å²) in [4.78, 5) is 26.6. The summed E-state index contributed by atoms with van der Waals surface area (Å²) in [6.07, 6.45) is 10.7. The lowest BCUT2D eigenvalue weighted by Gasteiger charge is -2.38. The number of carbonyl (C=O) groups is 1. The van der Waals surface area contributed by atoms with Crippen molar-refractivity contribution in [3.63, 3.8) is 0 Å². The Morgan fingerprint density at radius 3 is 2.72 bits per heavy atom. The van der Waals surface area contributed by atoms with Crippen LogP contribution < -0.4 is 10.1 Å². The predicted molar refractivity (Wildman–Crippen MR) is 139 cm³/mol. The van der Waals surface area contributed by atoms with Gasteiger partial charge in [0.25, 0.3) is 0 Å². The Balaban J connectivity index is 1.28. The van der Waals surface area contributed by atoms with E-state index in [-0.39, 0.29) is 17.8 Å². The van der Waals surface area contributed by atoms with Gasteiger partial charge in [0.1, 0.15) is 16.7 Å². The summed E-state index contributed by atoms with van der Waals surface area (Å²) in [7, 11) is 1.88. The van der Waals surface area contributed by atoms with Crippen LogP contribution in [0.5, 0.6) is 5.88 Å². The van der Waals surface area contributed by atoms with E-state index in [2.05, 4.69) is 15.3 Å². The van der Waals surface area contributed by atoms with E-state index >= 15 is 0 Å². The van der Waals surface area contributed by atoms with E-state index in [1.165, 1.54) is 10.4 Å². The SMILES string of the molecule is CC(=O)C[C@H]1CCc2sc3nc(Nc4cnn(C)c4)nc(OC4CCC(N5CCOCC5)CC4)c3c21. The fourth-order valence-electron chi connectivity index (χ4n) is 6.04. The van der Waals surface area contributed by atoms with Crippen LogP contribution in [0.25, 0.3) is 10.2 Å². The first kappa shape index (κ1) is 23.8. The van der Waals surface area contributed by atoms with Gasteiger partial charge in [0, 0.05) is 43.7 Å². The first-order valence-electron chi connectivity index (χ1n) is 13.1. The molecule has 4 heterocycles. The molecule has 1 atom stereocenters. The van der Waals surface area contributed by atoms with Crippen molar-refractivity contribution in [2.24, 2.45) is 7.05 Å². The number of ketones is 1. The maximum Gasteiger partial charge on any atom is 0.232 e. The monoisotopic (exact) mass is 510 g/mol. The van der Waals surface area contributed by atoms with E-state index in [1.54, 1.807) is 29.1 Å². The lowest BCUT2D eigenvalue weighted by molar-refractivity contribution is -0.117. The van der Waals surface area contributed by atoms with Crippen molar-refractivity contribution in [2.75, 3.05) is 31.6 Å². The zero-order valence-corrected chi connectivity index (χ0v) is 21.9. The molecule has 36 heavy (non-hydrogen) atoms. The molecule has 1 saturated carbocycles. The molecule has 1 aliphatic heterocycles. The molecule has 10 heteroatoms. The molecule has 192 valence electrons. The van der Waals surface area contributed by atoms with Gasteiger partial charge in [-0.15, -0.1) is 11.3 Å². The van der Waals surface area contributed by atoms with Gasteiger partial charge in [-0.3, -0.25) is 9.58 Å². The van der Waals surface area contributed by atoms with Crippen molar-refractivity contribution in [3.05, 3.63) is 22.8 Å². The number of carbonyl (C=O) groups excluding carboxylic acids is 1. The van der Waals surface area contributed by atoms with Crippen LogP contribution in [0.1, 0.15) is 61.8 Å². The van der Waals surface area contributed by atoms with Crippen molar-refractivity contribution in [1.82, 2.24) is 24.6 Å². The van der Waals surface area contributed by atoms with Crippen molar-refractivity contribution in [3.8, 4) is 5.88 Å². The molecular weight excluding hydrogens is 476 g/mol. The van der Waals surface area contributed by atoms with E-state index in [0.29, 0.717) is 24.3 Å². The van der Waals surface area contributed by atoms with E-state index in [4.69, 9.17) is 19.4 Å². The van der Waals surface area contributed by atoms with Crippen molar-refractivity contribution < 1.29 is 14.3 Å². The highest BCUT2D eigenvalue weighted by Crippen LogP contribution is 2.48. The van der Waals surface area contributed by atoms with Crippen LogP contribution in [0.2, 0.25) is 0 Å². The predicted octanol–water partition coefficient (Wildman–Crippen LogP) is 4.20. The number of morpholine rings is 1. The van der Waals surface area contributed by atoms with Gasteiger partial charge in [0.2, 0.25) is 11.8 Å². The maximum atomic E-state index is 12.0. The van der Waals surface area contributed by atoms with Crippen LogP contribution in [0, 0.1) is 0 Å². The summed E-state index contributed by atoms with van der Waals surface area (Å²) in [5.41, 5.74) is 2.09. The average Bonchev–Trinajstić information content (AvgIpc) is 3.56. The standard InChI is InChI=1S/C26H34N6O3S/c1-16(33)13-17-3-8-21-22(17)23-24(29-26(30-25(23)36-21)28-18-14-27-31(2)15-18)35-20-6-4-19(5-7-20)32-9-11-34-12-10-32/h14-15,17,19-20H,3-13H2,1-2H3,(H,28,29,30)/t17-,19?,20?/m1/s1. The zero-order valence-electron chi connectivity index (χ0n) is 21.0. The molecule has 9 nitrogen and oxygen atoms in total. The fraction of sp³-hybridized carbons (Fsp3) is 0.615. The number of rotatable bonds is 7. The van der Waals surface area contributed by atoms with Gasteiger partial charge in [-0.1, -0.05) is 0 Å². The Morgan fingerprint density at radius 2 is 2.00 bits per heavy atom. The molecule has 0 radical (unpaired) electrons. The molecule has 2 aliphatic carbocycles. The van der Waals surface area contributed by atoms with Gasteiger partial charge >= 0.3 is 0 Å². The number of hydrogen-bond acceptors (Lipinski definition) is 9. The van der Waals surface area contributed by atoms with Crippen LogP contribution >= 0.6 is 11.3 Å². The first-order valence-corrected chi connectivity index (χ1v) is 13.9. The normalized spacial score (nSPS) is 24.7. The molecule has 0 aromatic carbocycles. The van der Waals surface area contributed by atoms with Crippen LogP contribution in [0.3, 0.4) is 0 Å². The number of Topliss-reactive ketones (excluding diaryl/α,β-unsaturated/α-hetero) is 1. The van der Waals surface area contributed by atoms with Gasteiger partial charge in [0.05, 0.1) is 30.5 Å². The summed E-state index contributed by atoms with van der Waals surface area (Å²) in [6.45, 7) is 5.43. The Labute approximate surface area is 215 Å². The second kappa shape index (κ2) is 10.1. The van der Waals surface area contributed by atoms with E-state index in [0.717, 1.165) is 80.7 Å². The highest BCUT2D eigenvalue weighted by atomic mass is 32.1. The smallest absolute Gasteiger partial charge is 0.232 e. The number of thiophene rings is 1. The van der Waals surface area contributed by atoms with Gasteiger partial charge in [-0.2, -0.15) is 10.1 Å². The molecule has 3 aromatic heterocycles. The number of aryl methyl sites for hydroxylation is 2. The molecule has 0 unspecified atom stereocenters. The molecule has 3 aliphatic rings. The summed E-state index contributed by atoms with van der Waals surface area (Å²) in [5, 5.41) is 8.56. The number of nitrogens with zero attached hydrogens (tertiary/aromatic N) is 5. The summed E-state index contributed by atoms with van der Waals surface area (Å²) < 4.78 is 14.0. The lowest BCUT2D eigenvalue weighted by Crippen LogP contribution is -2.46. The largest absolute Gasteiger partial charge is 0.474 e. The molecule has 0 spiro atoms. The molecule has 1 N–H and O–H groups in total. The number of ether oxygens (including phenoxy) is 2. The molecular formula is C26H34N6O3S. The lowest BCUT2D eigenvalue weighted by atomic mass is 9.91. The Morgan fingerprint density at radius 1 is 1.19 bits per heavy atom. The van der Waals surface area contributed by atoms with Gasteiger partial charge in [-0.25, -0.2) is 4.98 Å². The minimum absolute atomic E-state index is 0.134. The highest BCUT2D eigenvalue weighted by Gasteiger charge is 2.33. The number of fused-ring (bicyclic) bond motifs is 3. The Kier molecular flexibility index (Phi) is 6.66. The van der Waals surface area contributed by atoms with Crippen LogP contribution in [-0.4, -0.2) is 68.9 Å². The third-order valence-corrected chi connectivity index (χ3v) is 8.90. The molecule has 1 saturated heterocycles. The second-order valence-electron chi connectivity index (χ2n) is 10.3. The summed E-state index contributed by atoms with van der Waals surface area (Å²) in [5.74, 6) is 1.64. The fourth-order valence-corrected chi connectivity index (χ4v) is 7.30. The molecule has 0 amide bonds. The molecule has 2 fully saturated rings. The number of anilines is 2. The average molecular weight is 511 g/mol. The van der Waals surface area contributed by atoms with Crippen LogP contribution in [0.15, 0.2) is 12.4 Å². The summed E-state index contributed by atoms with van der Waals surface area (Å²) >= 11 is 1.72. The highest BCUT2D eigenvalue weighted by molar-refractivity contribution is 7.19. The minimum Gasteiger partial charge on any atom is -0.474 e. The molecule has 3 aromatic rings. The first-order chi connectivity index (χ1) is 17.5. The van der Waals surface area contributed by atoms with E-state index in [1.807, 2.05) is 13.2 Å². The number of aromatic nitrogens is 4. The van der Waals surface area contributed by atoms with Crippen LogP contribution in [0.4, 0.5) is 11.6 Å². The molecule has 0 bridgehead atoms. The van der Waals surface area contributed by atoms with Gasteiger partial charge in [-0.05, 0) is 56.9 Å².